The first kappa shape index (κ1) is 4.59. The van der Waals surface area contributed by atoms with Crippen molar-refractivity contribution in [3.05, 3.63) is 12.4 Å². The summed E-state index contributed by atoms with van der Waals surface area (Å²) in [5.74, 6) is 0.198. The van der Waals surface area contributed by atoms with E-state index in [0.29, 0.717) is 4.90 Å². The van der Waals surface area contributed by atoms with Gasteiger partial charge in [0.2, 0.25) is 0 Å². The highest BCUT2D eigenvalue weighted by molar-refractivity contribution is 7.80. The molecule has 0 amide bonds. The Hall–Kier alpha value is -0.570. The van der Waals surface area contributed by atoms with E-state index in [1.165, 1.54) is 6.20 Å². The summed E-state index contributed by atoms with van der Waals surface area (Å²) in [5.41, 5.74) is 0. The predicted molar refractivity (Wildman–Crippen MR) is 29.7 cm³/mol. The van der Waals surface area contributed by atoms with E-state index in [1.807, 2.05) is 0 Å². The van der Waals surface area contributed by atoms with Crippen molar-refractivity contribution in [2.45, 2.75) is 4.90 Å². The summed E-state index contributed by atoms with van der Waals surface area (Å²) in [6.45, 7) is 0. The molecule has 1 heterocycles. The molecule has 3 heteroatoms. The smallest absolute Gasteiger partial charge is 0.146 e. The van der Waals surface area contributed by atoms with Crippen molar-refractivity contribution >= 4 is 12.6 Å². The molecule has 0 radical (unpaired) electrons. The van der Waals surface area contributed by atoms with E-state index in [2.05, 4.69) is 17.6 Å². The van der Waals surface area contributed by atoms with E-state index in [-0.39, 0.29) is 5.75 Å². The third-order valence-electron chi connectivity index (χ3n) is 0.703. The molecular formula is C4H5NOS. The summed E-state index contributed by atoms with van der Waals surface area (Å²) in [6.07, 6.45) is 3.08. The zero-order valence-electron chi connectivity index (χ0n) is 3.55. The maximum Gasteiger partial charge on any atom is 0.146 e. The molecular weight excluding hydrogens is 110 g/mol. The largest absolute Gasteiger partial charge is 0.505 e. The number of aromatic nitrogens is 1. The van der Waals surface area contributed by atoms with Crippen LogP contribution < -0.4 is 0 Å². The van der Waals surface area contributed by atoms with Crippen molar-refractivity contribution in [3.8, 4) is 5.75 Å². The minimum atomic E-state index is 0.198. The summed E-state index contributed by atoms with van der Waals surface area (Å²) in [4.78, 5) is 3.25. The van der Waals surface area contributed by atoms with E-state index in [9.17, 15) is 0 Å². The van der Waals surface area contributed by atoms with Gasteiger partial charge in [-0.05, 0) is 0 Å². The van der Waals surface area contributed by atoms with Gasteiger partial charge in [-0.15, -0.1) is 12.6 Å². The summed E-state index contributed by atoms with van der Waals surface area (Å²) < 4.78 is 0. The summed E-state index contributed by atoms with van der Waals surface area (Å²) in [7, 11) is 0. The first-order valence-corrected chi connectivity index (χ1v) is 2.30. The van der Waals surface area contributed by atoms with Crippen LogP contribution >= 0.6 is 12.6 Å². The summed E-state index contributed by atoms with van der Waals surface area (Å²) >= 11 is 3.87. The molecule has 38 valence electrons. The molecule has 1 aromatic heterocycles. The second-order valence-corrected chi connectivity index (χ2v) is 1.71. The highest BCUT2D eigenvalue weighted by Crippen LogP contribution is 2.17. The number of aromatic amines is 1. The molecule has 0 saturated heterocycles. The van der Waals surface area contributed by atoms with Crippen molar-refractivity contribution < 1.29 is 5.11 Å². The van der Waals surface area contributed by atoms with Crippen LogP contribution in [-0.4, -0.2) is 10.1 Å². The van der Waals surface area contributed by atoms with Gasteiger partial charge < -0.3 is 10.1 Å². The molecule has 0 saturated carbocycles. The minimum absolute atomic E-state index is 0.198. The minimum Gasteiger partial charge on any atom is -0.505 e. The molecule has 0 aromatic carbocycles. The molecule has 0 unspecified atom stereocenters. The first-order valence-electron chi connectivity index (χ1n) is 1.85. The molecule has 2 N–H and O–H groups in total. The Balaban J connectivity index is 3.12. The zero-order valence-corrected chi connectivity index (χ0v) is 4.44. The SMILES string of the molecule is Oc1c[nH]cc1S. The quantitative estimate of drug-likeness (QED) is 0.433. The molecule has 2 nitrogen and oxygen atoms in total. The number of hydrogen-bond acceptors (Lipinski definition) is 2. The number of thiol groups is 1. The monoisotopic (exact) mass is 115 g/mol. The fraction of sp³-hybridized carbons (Fsp3) is 0. The summed E-state index contributed by atoms with van der Waals surface area (Å²) in [6, 6.07) is 0. The standard InChI is InChI=1S/C4H5NOS/c6-3-1-5-2-4(3)7/h1-2,5-7H. The zero-order chi connectivity index (χ0) is 5.28. The second-order valence-electron chi connectivity index (χ2n) is 1.23. The Labute approximate surface area is 46.6 Å². The molecule has 0 atom stereocenters. The van der Waals surface area contributed by atoms with Crippen LogP contribution in [0.1, 0.15) is 0 Å². The van der Waals surface area contributed by atoms with Crippen molar-refractivity contribution in [2.75, 3.05) is 0 Å². The van der Waals surface area contributed by atoms with Gasteiger partial charge in [-0.3, -0.25) is 0 Å². The maximum atomic E-state index is 8.65. The molecule has 0 aliphatic heterocycles. The normalized spacial score (nSPS) is 9.29. The maximum absolute atomic E-state index is 8.65. The molecule has 0 aliphatic carbocycles. The fourth-order valence-electron chi connectivity index (χ4n) is 0.347. The third-order valence-corrected chi connectivity index (χ3v) is 1.06. The average molecular weight is 115 g/mol. The number of H-pyrrole nitrogens is 1. The van der Waals surface area contributed by atoms with Crippen molar-refractivity contribution in [3.63, 3.8) is 0 Å². The number of aromatic hydroxyl groups is 1. The van der Waals surface area contributed by atoms with Crippen LogP contribution in [0.15, 0.2) is 17.3 Å². The van der Waals surface area contributed by atoms with Crippen molar-refractivity contribution in [2.24, 2.45) is 0 Å². The lowest BCUT2D eigenvalue weighted by atomic mass is 10.6. The van der Waals surface area contributed by atoms with Gasteiger partial charge in [-0.1, -0.05) is 0 Å². The Bertz CT molecular complexity index is 144. The Morgan fingerprint density at radius 3 is 2.43 bits per heavy atom. The van der Waals surface area contributed by atoms with Crippen LogP contribution in [0.5, 0.6) is 5.75 Å². The number of rotatable bonds is 0. The van der Waals surface area contributed by atoms with Gasteiger partial charge in [0, 0.05) is 12.4 Å². The van der Waals surface area contributed by atoms with Crippen LogP contribution in [0, 0.1) is 0 Å². The van der Waals surface area contributed by atoms with Gasteiger partial charge in [0.1, 0.15) is 5.75 Å². The third kappa shape index (κ3) is 0.718. The molecule has 0 aliphatic rings. The topological polar surface area (TPSA) is 36.0 Å². The van der Waals surface area contributed by atoms with Crippen LogP contribution in [0.3, 0.4) is 0 Å². The molecule has 0 fully saturated rings. The average Bonchev–Trinajstić information content (AvgIpc) is 1.91. The van der Waals surface area contributed by atoms with Gasteiger partial charge in [-0.25, -0.2) is 0 Å². The van der Waals surface area contributed by atoms with Gasteiger partial charge >= 0.3 is 0 Å². The highest BCUT2D eigenvalue weighted by Gasteiger charge is 1.90. The molecule has 1 aromatic rings. The highest BCUT2D eigenvalue weighted by atomic mass is 32.1. The van der Waals surface area contributed by atoms with Crippen LogP contribution in [0.2, 0.25) is 0 Å². The Morgan fingerprint density at radius 1 is 1.57 bits per heavy atom. The molecule has 7 heavy (non-hydrogen) atoms. The van der Waals surface area contributed by atoms with E-state index < -0.39 is 0 Å². The van der Waals surface area contributed by atoms with E-state index in [1.54, 1.807) is 6.20 Å². The van der Waals surface area contributed by atoms with Crippen LogP contribution in [-0.2, 0) is 0 Å². The van der Waals surface area contributed by atoms with Gasteiger partial charge in [-0.2, -0.15) is 0 Å². The number of hydrogen-bond donors (Lipinski definition) is 3. The van der Waals surface area contributed by atoms with E-state index in [0.717, 1.165) is 0 Å². The second kappa shape index (κ2) is 1.50. The summed E-state index contributed by atoms with van der Waals surface area (Å²) in [5, 5.41) is 8.65. The van der Waals surface area contributed by atoms with Crippen molar-refractivity contribution in [1.82, 2.24) is 4.98 Å². The predicted octanol–water partition coefficient (Wildman–Crippen LogP) is 1.01. The van der Waals surface area contributed by atoms with Gasteiger partial charge in [0.15, 0.2) is 0 Å². The van der Waals surface area contributed by atoms with Crippen LogP contribution in [0.4, 0.5) is 0 Å². The molecule has 0 bridgehead atoms. The lowest BCUT2D eigenvalue weighted by Gasteiger charge is -1.78. The first-order chi connectivity index (χ1) is 3.30. The van der Waals surface area contributed by atoms with E-state index >= 15 is 0 Å². The lowest BCUT2D eigenvalue weighted by molar-refractivity contribution is 0.465. The number of nitrogens with one attached hydrogen (secondary N) is 1. The van der Waals surface area contributed by atoms with Gasteiger partial charge in [0.05, 0.1) is 4.90 Å². The molecule has 1 rings (SSSR count). The van der Waals surface area contributed by atoms with Gasteiger partial charge in [0.25, 0.3) is 0 Å². The van der Waals surface area contributed by atoms with Crippen LogP contribution in [0.25, 0.3) is 0 Å². The lowest BCUT2D eigenvalue weighted by Crippen LogP contribution is -1.50. The Morgan fingerprint density at radius 2 is 2.29 bits per heavy atom. The Kier molecular flexibility index (Phi) is 0.982. The van der Waals surface area contributed by atoms with Crippen molar-refractivity contribution in [1.29, 1.82) is 0 Å². The van der Waals surface area contributed by atoms with E-state index in [4.69, 9.17) is 5.11 Å². The molecule has 0 spiro atoms. The fourth-order valence-corrected chi connectivity index (χ4v) is 0.487.